The van der Waals surface area contributed by atoms with Crippen LogP contribution in [0.15, 0.2) is 35.5 Å². The Balaban J connectivity index is 2.28. The molecule has 6 nitrogen and oxygen atoms in total. The minimum atomic E-state index is -3.30. The van der Waals surface area contributed by atoms with Crippen LogP contribution in [0.5, 0.6) is 0 Å². The molecule has 0 saturated carbocycles. The lowest BCUT2D eigenvalue weighted by atomic mass is 10.2. The molecule has 0 aromatic heterocycles. The molecule has 106 valence electrons. The third-order valence-electron chi connectivity index (χ3n) is 2.51. The van der Waals surface area contributed by atoms with E-state index in [1.165, 1.54) is 0 Å². The lowest BCUT2D eigenvalue weighted by Crippen LogP contribution is -2.26. The molecule has 0 bridgehead atoms. The lowest BCUT2D eigenvalue weighted by Gasteiger charge is -2.06. The number of rotatable bonds is 8. The van der Waals surface area contributed by atoms with Crippen molar-refractivity contribution in [3.05, 3.63) is 35.9 Å². The van der Waals surface area contributed by atoms with Crippen LogP contribution in [0.4, 0.5) is 0 Å². The van der Waals surface area contributed by atoms with Crippen molar-refractivity contribution in [1.29, 1.82) is 0 Å². The summed E-state index contributed by atoms with van der Waals surface area (Å²) in [6, 6.07) is 9.01. The Morgan fingerprint density at radius 2 is 1.95 bits per heavy atom. The number of nitrogens with two attached hydrogens (primary N) is 1. The Kier molecular flexibility index (Phi) is 6.31. The van der Waals surface area contributed by atoms with Gasteiger partial charge in [-0.1, -0.05) is 35.5 Å². The molecule has 7 heteroatoms. The average molecular weight is 285 g/mol. The topological polar surface area (TPSA) is 105 Å². The van der Waals surface area contributed by atoms with Crippen LogP contribution in [0, 0.1) is 0 Å². The van der Waals surface area contributed by atoms with Gasteiger partial charge in [-0.15, -0.1) is 0 Å². The number of hydrogen-bond acceptors (Lipinski definition) is 4. The number of benzene rings is 1. The van der Waals surface area contributed by atoms with Gasteiger partial charge in [0.1, 0.15) is 5.84 Å². The number of oxime groups is 1. The standard InChI is InChI=1S/C12H19N3O3S/c13-12(15-16)8-4-5-9-14-19(17,18)10-11-6-2-1-3-7-11/h1-3,6-7,14,16H,4-5,8-10H2,(H2,13,15). The smallest absolute Gasteiger partial charge is 0.215 e. The van der Waals surface area contributed by atoms with E-state index in [0.717, 1.165) is 5.56 Å². The van der Waals surface area contributed by atoms with Crippen molar-refractivity contribution in [3.63, 3.8) is 0 Å². The first-order valence-corrected chi connectivity index (χ1v) is 7.66. The summed E-state index contributed by atoms with van der Waals surface area (Å²) in [7, 11) is -3.30. The molecular formula is C12H19N3O3S. The molecule has 0 aliphatic rings. The van der Waals surface area contributed by atoms with Crippen LogP contribution >= 0.6 is 0 Å². The van der Waals surface area contributed by atoms with Gasteiger partial charge in [0.25, 0.3) is 0 Å². The summed E-state index contributed by atoms with van der Waals surface area (Å²) in [6.45, 7) is 0.355. The molecule has 0 unspecified atom stereocenters. The Hall–Kier alpha value is -1.60. The fraction of sp³-hybridized carbons (Fsp3) is 0.417. The minimum Gasteiger partial charge on any atom is -0.409 e. The Bertz CT molecular complexity index is 500. The second-order valence-electron chi connectivity index (χ2n) is 4.19. The highest BCUT2D eigenvalue weighted by molar-refractivity contribution is 7.88. The van der Waals surface area contributed by atoms with Crippen molar-refractivity contribution >= 4 is 15.9 Å². The molecule has 0 atom stereocenters. The van der Waals surface area contributed by atoms with E-state index in [4.69, 9.17) is 10.9 Å². The highest BCUT2D eigenvalue weighted by Crippen LogP contribution is 2.04. The molecule has 0 aliphatic carbocycles. The number of amidine groups is 1. The van der Waals surface area contributed by atoms with Crippen molar-refractivity contribution in [1.82, 2.24) is 4.72 Å². The zero-order chi connectivity index (χ0) is 14.1. The van der Waals surface area contributed by atoms with E-state index < -0.39 is 10.0 Å². The fourth-order valence-corrected chi connectivity index (χ4v) is 2.74. The second-order valence-corrected chi connectivity index (χ2v) is 5.99. The zero-order valence-corrected chi connectivity index (χ0v) is 11.4. The molecule has 1 aromatic carbocycles. The molecule has 0 amide bonds. The summed E-state index contributed by atoms with van der Waals surface area (Å²) in [4.78, 5) is 0. The SMILES string of the molecule is NC(CCCCNS(=O)(=O)Cc1ccccc1)=NO. The van der Waals surface area contributed by atoms with Crippen LogP contribution in [0.2, 0.25) is 0 Å². The molecule has 0 aliphatic heterocycles. The van der Waals surface area contributed by atoms with E-state index in [1.807, 2.05) is 18.2 Å². The molecule has 0 fully saturated rings. The van der Waals surface area contributed by atoms with Crippen LogP contribution in [-0.2, 0) is 15.8 Å². The maximum Gasteiger partial charge on any atom is 0.215 e. The largest absolute Gasteiger partial charge is 0.409 e. The predicted molar refractivity (Wildman–Crippen MR) is 74.3 cm³/mol. The maximum atomic E-state index is 11.8. The highest BCUT2D eigenvalue weighted by atomic mass is 32.2. The van der Waals surface area contributed by atoms with Gasteiger partial charge in [-0.25, -0.2) is 13.1 Å². The highest BCUT2D eigenvalue weighted by Gasteiger charge is 2.10. The summed E-state index contributed by atoms with van der Waals surface area (Å²) < 4.78 is 26.0. The van der Waals surface area contributed by atoms with E-state index in [-0.39, 0.29) is 11.6 Å². The fourth-order valence-electron chi connectivity index (χ4n) is 1.55. The number of nitrogens with one attached hydrogen (secondary N) is 1. The summed E-state index contributed by atoms with van der Waals surface area (Å²) in [5.41, 5.74) is 6.06. The monoisotopic (exact) mass is 285 g/mol. The quantitative estimate of drug-likeness (QED) is 0.218. The molecule has 0 heterocycles. The van der Waals surface area contributed by atoms with Crippen LogP contribution in [0.3, 0.4) is 0 Å². The number of unbranched alkanes of at least 4 members (excludes halogenated alkanes) is 1. The lowest BCUT2D eigenvalue weighted by molar-refractivity contribution is 0.316. The van der Waals surface area contributed by atoms with Gasteiger partial charge in [0.2, 0.25) is 10.0 Å². The van der Waals surface area contributed by atoms with Gasteiger partial charge in [0.05, 0.1) is 5.75 Å². The van der Waals surface area contributed by atoms with Crippen molar-refractivity contribution < 1.29 is 13.6 Å². The van der Waals surface area contributed by atoms with E-state index >= 15 is 0 Å². The predicted octanol–water partition coefficient (Wildman–Crippen LogP) is 1.02. The first kappa shape index (κ1) is 15.5. The molecule has 1 rings (SSSR count). The number of nitrogens with zero attached hydrogens (tertiary/aromatic N) is 1. The third-order valence-corrected chi connectivity index (χ3v) is 3.87. The van der Waals surface area contributed by atoms with Gasteiger partial charge < -0.3 is 10.9 Å². The van der Waals surface area contributed by atoms with Gasteiger partial charge in [-0.3, -0.25) is 0 Å². The van der Waals surface area contributed by atoms with Gasteiger partial charge in [-0.2, -0.15) is 0 Å². The number of sulfonamides is 1. The van der Waals surface area contributed by atoms with Gasteiger partial charge in [0.15, 0.2) is 0 Å². The summed E-state index contributed by atoms with van der Waals surface area (Å²) in [5.74, 6) is 0.140. The van der Waals surface area contributed by atoms with Gasteiger partial charge in [0, 0.05) is 13.0 Å². The van der Waals surface area contributed by atoms with Crippen molar-refractivity contribution in [2.75, 3.05) is 6.54 Å². The van der Waals surface area contributed by atoms with E-state index in [1.54, 1.807) is 12.1 Å². The molecule has 19 heavy (non-hydrogen) atoms. The van der Waals surface area contributed by atoms with Crippen LogP contribution in [0.1, 0.15) is 24.8 Å². The molecule has 0 spiro atoms. The summed E-state index contributed by atoms with van der Waals surface area (Å²) in [5, 5.41) is 11.2. The Morgan fingerprint density at radius 1 is 1.26 bits per heavy atom. The molecule has 4 N–H and O–H groups in total. The average Bonchev–Trinajstić information content (AvgIpc) is 2.38. The molecule has 1 aromatic rings. The maximum absolute atomic E-state index is 11.8. The van der Waals surface area contributed by atoms with Crippen molar-refractivity contribution in [2.24, 2.45) is 10.9 Å². The molecular weight excluding hydrogens is 266 g/mol. The summed E-state index contributed by atoms with van der Waals surface area (Å²) >= 11 is 0. The second kappa shape index (κ2) is 7.75. The molecule has 0 saturated heterocycles. The Morgan fingerprint density at radius 3 is 2.58 bits per heavy atom. The normalized spacial score (nSPS) is 12.5. The van der Waals surface area contributed by atoms with Crippen LogP contribution < -0.4 is 10.5 Å². The van der Waals surface area contributed by atoms with Crippen LogP contribution in [-0.4, -0.2) is 26.0 Å². The van der Waals surface area contributed by atoms with E-state index in [9.17, 15) is 8.42 Å². The first-order chi connectivity index (χ1) is 9.03. The zero-order valence-electron chi connectivity index (χ0n) is 10.6. The van der Waals surface area contributed by atoms with E-state index in [2.05, 4.69) is 9.88 Å². The third kappa shape index (κ3) is 6.78. The number of hydrogen-bond donors (Lipinski definition) is 3. The van der Waals surface area contributed by atoms with E-state index in [0.29, 0.717) is 25.8 Å². The molecule has 0 radical (unpaired) electrons. The summed E-state index contributed by atoms with van der Waals surface area (Å²) in [6.07, 6.45) is 1.77. The van der Waals surface area contributed by atoms with Crippen LogP contribution in [0.25, 0.3) is 0 Å². The minimum absolute atomic E-state index is 0.0198. The Labute approximate surface area is 113 Å². The van der Waals surface area contributed by atoms with Crippen molar-refractivity contribution in [2.45, 2.75) is 25.0 Å². The first-order valence-electron chi connectivity index (χ1n) is 6.01. The van der Waals surface area contributed by atoms with Crippen molar-refractivity contribution in [3.8, 4) is 0 Å². The van der Waals surface area contributed by atoms with Gasteiger partial charge in [-0.05, 0) is 18.4 Å². The van der Waals surface area contributed by atoms with Gasteiger partial charge >= 0.3 is 0 Å².